The predicted octanol–water partition coefficient (Wildman–Crippen LogP) is 10.1. The summed E-state index contributed by atoms with van der Waals surface area (Å²) in [6, 6.07) is 38.8. The molecule has 5 atom stereocenters. The van der Waals surface area contributed by atoms with E-state index in [0.717, 1.165) is 22.3 Å². The van der Waals surface area contributed by atoms with Crippen LogP contribution < -0.4 is 0 Å². The van der Waals surface area contributed by atoms with Gasteiger partial charge in [0, 0.05) is 11.1 Å². The third kappa shape index (κ3) is 11.3. The number of ether oxygens (including phenoxy) is 6. The van der Waals surface area contributed by atoms with Crippen LogP contribution in [0.4, 0.5) is 4.79 Å². The lowest BCUT2D eigenvalue weighted by atomic mass is 9.97. The molecule has 0 unspecified atom stereocenters. The maximum Gasteiger partial charge on any atom is 0.509 e. The van der Waals surface area contributed by atoms with E-state index < -0.39 is 75.3 Å². The molecule has 0 radical (unpaired) electrons. The fourth-order valence-electron chi connectivity index (χ4n) is 7.18. The minimum atomic E-state index is -4.56. The number of phosphoric acid groups is 1. The van der Waals surface area contributed by atoms with Crippen LogP contribution in [-0.2, 0) is 46.6 Å². The van der Waals surface area contributed by atoms with Crippen molar-refractivity contribution < 1.29 is 65.7 Å². The monoisotopic (exact) mass is 892 g/mol. The van der Waals surface area contributed by atoms with Crippen LogP contribution in [0.5, 0.6) is 0 Å². The van der Waals surface area contributed by atoms with Crippen molar-refractivity contribution in [2.24, 2.45) is 0 Å². The molecule has 0 bridgehead atoms. The Hall–Kier alpha value is -6.15. The van der Waals surface area contributed by atoms with E-state index in [9.17, 15) is 23.7 Å². The number of carbonyl (C=O) groups excluding carboxylic acids is 4. The average Bonchev–Trinajstić information content (AvgIpc) is 3.63. The Kier molecular flexibility index (Phi) is 15.7. The molecule has 15 heteroatoms. The molecule has 334 valence electrons. The summed E-state index contributed by atoms with van der Waals surface area (Å²) in [7, 11) is -4.56. The SMILES string of the molecule is CCCCOP(=O)(OCCCC)O[C@H]1O[C@H](COC(=O)OC2c3ccccc3-c3ccccc32)[C@@H](OC(=O)c2ccccc2)[C@H](OC(=O)c2ccccc2)[C@@H]1OC(=O)c1ccccc1. The van der Waals surface area contributed by atoms with Crippen LogP contribution in [0.2, 0.25) is 0 Å². The Morgan fingerprint density at radius 2 is 0.953 bits per heavy atom. The van der Waals surface area contributed by atoms with Crippen LogP contribution in [0.1, 0.15) is 87.8 Å². The second-order valence-corrected chi connectivity index (χ2v) is 16.5. The molecule has 5 aromatic rings. The van der Waals surface area contributed by atoms with E-state index in [4.69, 9.17) is 42.0 Å². The van der Waals surface area contributed by atoms with Gasteiger partial charge in [-0.3, -0.25) is 13.6 Å². The van der Waals surface area contributed by atoms with Gasteiger partial charge in [-0.25, -0.2) is 23.7 Å². The maximum absolute atomic E-state index is 14.5. The Balaban J connectivity index is 1.27. The minimum absolute atomic E-state index is 0.0311. The zero-order valence-corrected chi connectivity index (χ0v) is 36.3. The molecule has 0 aromatic heterocycles. The summed E-state index contributed by atoms with van der Waals surface area (Å²) < 4.78 is 68.5. The predicted molar refractivity (Wildman–Crippen MR) is 232 cm³/mol. The fourth-order valence-corrected chi connectivity index (χ4v) is 8.51. The van der Waals surface area contributed by atoms with Crippen LogP contribution >= 0.6 is 7.82 Å². The van der Waals surface area contributed by atoms with Gasteiger partial charge in [0.15, 0.2) is 24.4 Å². The largest absolute Gasteiger partial charge is 0.509 e. The van der Waals surface area contributed by atoms with Crippen molar-refractivity contribution >= 4 is 31.9 Å². The second kappa shape index (κ2) is 22.0. The third-order valence-electron chi connectivity index (χ3n) is 10.4. The first-order valence-electron chi connectivity index (χ1n) is 21.2. The number of fused-ring (bicyclic) bond motifs is 3. The van der Waals surface area contributed by atoms with Gasteiger partial charge in [0.25, 0.3) is 0 Å². The lowest BCUT2D eigenvalue weighted by Gasteiger charge is -2.44. The Labute approximate surface area is 371 Å². The van der Waals surface area contributed by atoms with Gasteiger partial charge in [0.2, 0.25) is 6.29 Å². The standard InChI is InChI=1S/C49H49O14P/c1-3-5-30-56-64(54,57-31-6-4-2)63-48-44(61-47(52)35-24-14-9-15-25-35)43(60-46(51)34-22-12-8-13-23-34)42(59-45(50)33-20-10-7-11-21-33)40(58-48)32-55-49(53)62-41-38-28-18-16-26-36(38)37-27-17-19-29-39(37)41/h7-29,40-44,48H,3-6,30-32H2,1-2H3/t40-,42-,43+,44+,48-/m1/s1. The highest BCUT2D eigenvalue weighted by Crippen LogP contribution is 2.53. The van der Waals surface area contributed by atoms with E-state index in [-0.39, 0.29) is 29.9 Å². The smallest absolute Gasteiger partial charge is 0.452 e. The summed E-state index contributed by atoms with van der Waals surface area (Å²) in [4.78, 5) is 55.7. The lowest BCUT2D eigenvalue weighted by molar-refractivity contribution is -0.280. The molecule has 0 saturated carbocycles. The number of phosphoric ester groups is 1. The van der Waals surface area contributed by atoms with Crippen molar-refractivity contribution in [3.05, 3.63) is 167 Å². The van der Waals surface area contributed by atoms with Crippen LogP contribution in [0.3, 0.4) is 0 Å². The van der Waals surface area contributed by atoms with Crippen molar-refractivity contribution in [1.82, 2.24) is 0 Å². The van der Waals surface area contributed by atoms with E-state index in [0.29, 0.717) is 25.7 Å². The van der Waals surface area contributed by atoms with Crippen molar-refractivity contribution in [2.75, 3.05) is 19.8 Å². The van der Waals surface area contributed by atoms with Gasteiger partial charge in [-0.2, -0.15) is 0 Å². The first kappa shape index (κ1) is 45.9. The van der Waals surface area contributed by atoms with Crippen molar-refractivity contribution in [2.45, 2.75) is 76.3 Å². The fraction of sp³-hybridized carbons (Fsp3) is 0.306. The molecule has 1 saturated heterocycles. The first-order chi connectivity index (χ1) is 31.2. The second-order valence-electron chi connectivity index (χ2n) is 14.9. The molecule has 1 heterocycles. The molecule has 7 rings (SSSR count). The molecule has 1 aliphatic heterocycles. The van der Waals surface area contributed by atoms with Crippen LogP contribution in [0.25, 0.3) is 11.1 Å². The van der Waals surface area contributed by atoms with Gasteiger partial charge < -0.3 is 28.4 Å². The van der Waals surface area contributed by atoms with Crippen LogP contribution in [-0.4, -0.2) is 74.6 Å². The zero-order valence-electron chi connectivity index (χ0n) is 35.4. The van der Waals surface area contributed by atoms with Crippen LogP contribution in [0, 0.1) is 0 Å². The summed E-state index contributed by atoms with van der Waals surface area (Å²) in [5.74, 6) is -2.71. The Morgan fingerprint density at radius 1 is 0.531 bits per heavy atom. The number of unbranched alkanes of at least 4 members (excludes halogenated alkanes) is 2. The van der Waals surface area contributed by atoms with Crippen LogP contribution in [0.15, 0.2) is 140 Å². The molecular formula is C49H49O14P. The highest BCUT2D eigenvalue weighted by molar-refractivity contribution is 7.48. The molecule has 64 heavy (non-hydrogen) atoms. The Bertz CT molecular complexity index is 2340. The van der Waals surface area contributed by atoms with E-state index >= 15 is 0 Å². The van der Waals surface area contributed by atoms with E-state index in [2.05, 4.69) is 0 Å². The third-order valence-corrected chi connectivity index (χ3v) is 11.9. The average molecular weight is 893 g/mol. The van der Waals surface area contributed by atoms with Gasteiger partial charge in [-0.15, -0.1) is 0 Å². The summed E-state index contributed by atoms with van der Waals surface area (Å²) >= 11 is 0. The molecule has 1 aliphatic carbocycles. The minimum Gasteiger partial charge on any atom is -0.452 e. The number of esters is 3. The highest BCUT2D eigenvalue weighted by Gasteiger charge is 2.56. The molecule has 0 spiro atoms. The summed E-state index contributed by atoms with van der Waals surface area (Å²) in [5.41, 5.74) is 3.58. The van der Waals surface area contributed by atoms with E-state index in [1.165, 1.54) is 36.4 Å². The molecular weight excluding hydrogens is 843 g/mol. The summed E-state index contributed by atoms with van der Waals surface area (Å²) in [6.45, 7) is 3.07. The lowest BCUT2D eigenvalue weighted by Crippen LogP contribution is -2.63. The Morgan fingerprint density at radius 3 is 1.42 bits per heavy atom. The van der Waals surface area contributed by atoms with E-state index in [1.54, 1.807) is 54.6 Å². The molecule has 0 amide bonds. The number of rotatable bonds is 19. The van der Waals surface area contributed by atoms with Gasteiger partial charge in [-0.1, -0.05) is 130 Å². The normalized spacial score (nSPS) is 19.1. The molecule has 14 nitrogen and oxygen atoms in total. The van der Waals surface area contributed by atoms with E-state index in [1.807, 2.05) is 62.4 Å². The molecule has 2 aliphatic rings. The highest BCUT2D eigenvalue weighted by atomic mass is 31.2. The first-order valence-corrected chi connectivity index (χ1v) is 22.7. The van der Waals surface area contributed by atoms with Gasteiger partial charge >= 0.3 is 31.9 Å². The van der Waals surface area contributed by atoms with Gasteiger partial charge in [0.05, 0.1) is 29.9 Å². The number of hydrogen-bond acceptors (Lipinski definition) is 14. The number of hydrogen-bond donors (Lipinski definition) is 0. The topological polar surface area (TPSA) is 168 Å². The molecule has 0 N–H and O–H groups in total. The molecule has 5 aromatic carbocycles. The molecule has 1 fully saturated rings. The zero-order chi connectivity index (χ0) is 44.9. The van der Waals surface area contributed by atoms with Crippen molar-refractivity contribution in [1.29, 1.82) is 0 Å². The van der Waals surface area contributed by atoms with Gasteiger partial charge in [0.1, 0.15) is 12.7 Å². The maximum atomic E-state index is 14.5. The van der Waals surface area contributed by atoms with Gasteiger partial charge in [-0.05, 0) is 60.4 Å². The van der Waals surface area contributed by atoms with Crippen molar-refractivity contribution in [3.63, 3.8) is 0 Å². The number of carbonyl (C=O) groups is 4. The quantitative estimate of drug-likeness (QED) is 0.0332. The van der Waals surface area contributed by atoms with Crippen molar-refractivity contribution in [3.8, 4) is 11.1 Å². The summed E-state index contributed by atoms with van der Waals surface area (Å²) in [5, 5.41) is 0. The summed E-state index contributed by atoms with van der Waals surface area (Å²) in [6.07, 6.45) is -8.26. The number of benzene rings is 5.